The second-order valence-corrected chi connectivity index (χ2v) is 8.46. The monoisotopic (exact) mass is 488 g/mol. The van der Waals surface area contributed by atoms with Crippen LogP contribution in [0.1, 0.15) is 58.8 Å². The van der Waals surface area contributed by atoms with E-state index >= 15 is 0 Å². The minimum atomic E-state index is -1.48. The van der Waals surface area contributed by atoms with Crippen LogP contribution in [0.15, 0.2) is 0 Å². The van der Waals surface area contributed by atoms with Crippen molar-refractivity contribution in [3.63, 3.8) is 0 Å². The van der Waals surface area contributed by atoms with Crippen LogP contribution in [0, 0.1) is 5.92 Å². The number of amides is 3. The van der Waals surface area contributed by atoms with Crippen LogP contribution in [-0.2, 0) is 24.0 Å². The molecule has 0 saturated carbocycles. The van der Waals surface area contributed by atoms with Crippen LogP contribution in [0.2, 0.25) is 0 Å². The Morgan fingerprint density at radius 3 is 1.71 bits per heavy atom. The van der Waals surface area contributed by atoms with Gasteiger partial charge >= 0.3 is 11.9 Å². The molecule has 196 valence electrons. The highest BCUT2D eigenvalue weighted by atomic mass is 16.4. The third kappa shape index (κ3) is 12.5. The van der Waals surface area contributed by atoms with Crippen LogP contribution in [-0.4, -0.2) is 77.1 Å². The molecule has 4 unspecified atom stereocenters. The van der Waals surface area contributed by atoms with E-state index in [1.807, 2.05) is 0 Å². The van der Waals surface area contributed by atoms with Gasteiger partial charge in [0.1, 0.15) is 18.1 Å². The number of nitrogens with two attached hydrogens (primary N) is 3. The number of hydrogen-bond acceptors (Lipinski definition) is 8. The van der Waals surface area contributed by atoms with Gasteiger partial charge < -0.3 is 43.4 Å². The SMILES string of the molecule is CC(C)C(NC(=O)C(CCCCN)NC(=O)C(CC(=O)O)NC(=O)C(N)CCCCN)C(=O)O. The largest absolute Gasteiger partial charge is 0.481 e. The van der Waals surface area contributed by atoms with Crippen molar-refractivity contribution in [3.05, 3.63) is 0 Å². The van der Waals surface area contributed by atoms with Crippen molar-refractivity contribution in [2.24, 2.45) is 23.1 Å². The van der Waals surface area contributed by atoms with E-state index in [2.05, 4.69) is 16.0 Å². The summed E-state index contributed by atoms with van der Waals surface area (Å²) in [4.78, 5) is 60.7. The fourth-order valence-corrected chi connectivity index (χ4v) is 3.10. The molecule has 0 aliphatic heterocycles. The number of carboxylic acid groups (broad SMARTS) is 2. The van der Waals surface area contributed by atoms with Crippen molar-refractivity contribution in [1.29, 1.82) is 0 Å². The first-order chi connectivity index (χ1) is 15.9. The topological polar surface area (TPSA) is 240 Å². The second kappa shape index (κ2) is 16.8. The molecule has 0 aromatic carbocycles. The van der Waals surface area contributed by atoms with Gasteiger partial charge in [0.05, 0.1) is 12.5 Å². The highest BCUT2D eigenvalue weighted by Crippen LogP contribution is 2.07. The molecule has 0 aromatic rings. The van der Waals surface area contributed by atoms with E-state index in [1.165, 1.54) is 0 Å². The van der Waals surface area contributed by atoms with Crippen LogP contribution in [0.4, 0.5) is 0 Å². The van der Waals surface area contributed by atoms with Gasteiger partial charge in [0.25, 0.3) is 0 Å². The van der Waals surface area contributed by atoms with Crippen LogP contribution >= 0.6 is 0 Å². The number of unbranched alkanes of at least 4 members (excludes halogenated alkanes) is 2. The van der Waals surface area contributed by atoms with Crippen molar-refractivity contribution in [2.75, 3.05) is 13.1 Å². The van der Waals surface area contributed by atoms with Gasteiger partial charge in [-0.2, -0.15) is 0 Å². The maximum atomic E-state index is 12.8. The normalized spacial score (nSPS) is 14.5. The van der Waals surface area contributed by atoms with Gasteiger partial charge in [-0.15, -0.1) is 0 Å². The molecule has 0 aliphatic rings. The summed E-state index contributed by atoms with van der Waals surface area (Å²) in [5.74, 6) is -5.31. The first-order valence-corrected chi connectivity index (χ1v) is 11.5. The smallest absolute Gasteiger partial charge is 0.326 e. The Labute approximate surface area is 199 Å². The van der Waals surface area contributed by atoms with E-state index in [0.717, 1.165) is 0 Å². The van der Waals surface area contributed by atoms with Gasteiger partial charge in [-0.1, -0.05) is 20.3 Å². The summed E-state index contributed by atoms with van der Waals surface area (Å²) in [5.41, 5.74) is 16.7. The number of carbonyl (C=O) groups excluding carboxylic acids is 3. The van der Waals surface area contributed by atoms with Crippen molar-refractivity contribution in [2.45, 2.75) is 83.0 Å². The Kier molecular flexibility index (Phi) is 15.4. The molecule has 0 saturated heterocycles. The molecular weight excluding hydrogens is 448 g/mol. The lowest BCUT2D eigenvalue weighted by Crippen LogP contribution is -2.58. The quantitative estimate of drug-likeness (QED) is 0.101. The Balaban J connectivity index is 5.44. The molecule has 0 radical (unpaired) electrons. The van der Waals surface area contributed by atoms with Gasteiger partial charge in [0, 0.05) is 0 Å². The van der Waals surface area contributed by atoms with E-state index in [4.69, 9.17) is 17.2 Å². The average Bonchev–Trinajstić information content (AvgIpc) is 2.75. The Hall–Kier alpha value is -2.77. The summed E-state index contributed by atoms with van der Waals surface area (Å²) in [5, 5.41) is 25.7. The number of nitrogens with one attached hydrogen (secondary N) is 3. The van der Waals surface area contributed by atoms with Crippen molar-refractivity contribution in [1.82, 2.24) is 16.0 Å². The molecule has 4 atom stereocenters. The minimum Gasteiger partial charge on any atom is -0.481 e. The van der Waals surface area contributed by atoms with E-state index in [9.17, 15) is 34.2 Å². The fourth-order valence-electron chi connectivity index (χ4n) is 3.10. The van der Waals surface area contributed by atoms with Gasteiger partial charge in [-0.25, -0.2) is 4.79 Å². The van der Waals surface area contributed by atoms with Gasteiger partial charge in [-0.3, -0.25) is 19.2 Å². The molecule has 0 bridgehead atoms. The lowest BCUT2D eigenvalue weighted by molar-refractivity contribution is -0.144. The minimum absolute atomic E-state index is 0.144. The van der Waals surface area contributed by atoms with E-state index in [1.54, 1.807) is 13.8 Å². The van der Waals surface area contributed by atoms with Crippen LogP contribution in [0.5, 0.6) is 0 Å². The summed E-state index contributed by atoms with van der Waals surface area (Å²) < 4.78 is 0. The molecule has 0 spiro atoms. The standard InChI is InChI=1S/C21H40N6O7/c1-12(2)17(21(33)34)27-19(31)14(8-4-6-10-23)25-20(32)15(11-16(28)29)26-18(30)13(24)7-3-5-9-22/h12-15,17H,3-11,22-24H2,1-2H3,(H,25,32)(H,26,30)(H,27,31)(H,28,29)(H,33,34). The summed E-state index contributed by atoms with van der Waals surface area (Å²) in [6.45, 7) is 4.03. The third-order valence-electron chi connectivity index (χ3n) is 5.13. The zero-order chi connectivity index (χ0) is 26.3. The molecule has 0 aliphatic carbocycles. The lowest BCUT2D eigenvalue weighted by Gasteiger charge is -2.25. The number of hydrogen-bond donors (Lipinski definition) is 8. The highest BCUT2D eigenvalue weighted by Gasteiger charge is 2.32. The summed E-state index contributed by atoms with van der Waals surface area (Å²) in [6.07, 6.45) is 1.98. The molecule has 0 rings (SSSR count). The predicted molar refractivity (Wildman–Crippen MR) is 124 cm³/mol. The van der Waals surface area contributed by atoms with Crippen LogP contribution in [0.25, 0.3) is 0 Å². The number of carboxylic acids is 2. The Morgan fingerprint density at radius 2 is 1.24 bits per heavy atom. The van der Waals surface area contributed by atoms with E-state index in [-0.39, 0.29) is 6.42 Å². The summed E-state index contributed by atoms with van der Waals surface area (Å²) >= 11 is 0. The molecule has 13 heteroatoms. The van der Waals surface area contributed by atoms with Crippen LogP contribution < -0.4 is 33.2 Å². The molecule has 0 fully saturated rings. The molecule has 34 heavy (non-hydrogen) atoms. The molecule has 0 heterocycles. The zero-order valence-electron chi connectivity index (χ0n) is 19.9. The van der Waals surface area contributed by atoms with E-state index in [0.29, 0.717) is 45.2 Å². The number of carbonyl (C=O) groups is 5. The first kappa shape index (κ1) is 31.2. The van der Waals surface area contributed by atoms with Gasteiger partial charge in [-0.05, 0) is 51.1 Å². The van der Waals surface area contributed by atoms with Crippen molar-refractivity contribution >= 4 is 29.7 Å². The summed E-state index contributed by atoms with van der Waals surface area (Å²) in [7, 11) is 0. The maximum Gasteiger partial charge on any atom is 0.326 e. The first-order valence-electron chi connectivity index (χ1n) is 11.5. The summed E-state index contributed by atoms with van der Waals surface area (Å²) in [6, 6.07) is -4.76. The molecule has 3 amide bonds. The van der Waals surface area contributed by atoms with Crippen molar-refractivity contribution < 1.29 is 34.2 Å². The van der Waals surface area contributed by atoms with Gasteiger partial charge in [0.2, 0.25) is 17.7 Å². The predicted octanol–water partition coefficient (Wildman–Crippen LogP) is -1.76. The Bertz CT molecular complexity index is 689. The number of aliphatic carboxylic acids is 2. The average molecular weight is 489 g/mol. The van der Waals surface area contributed by atoms with Gasteiger partial charge in [0.15, 0.2) is 0 Å². The van der Waals surface area contributed by atoms with Crippen LogP contribution in [0.3, 0.4) is 0 Å². The zero-order valence-corrected chi connectivity index (χ0v) is 19.9. The lowest BCUT2D eigenvalue weighted by atomic mass is 10.0. The fraction of sp³-hybridized carbons (Fsp3) is 0.762. The molecular formula is C21H40N6O7. The molecule has 0 aromatic heterocycles. The molecule has 11 N–H and O–H groups in total. The maximum absolute atomic E-state index is 12.8. The van der Waals surface area contributed by atoms with Crippen molar-refractivity contribution in [3.8, 4) is 0 Å². The highest BCUT2D eigenvalue weighted by molar-refractivity contribution is 5.95. The Morgan fingerprint density at radius 1 is 0.735 bits per heavy atom. The second-order valence-electron chi connectivity index (χ2n) is 8.46. The molecule has 13 nitrogen and oxygen atoms in total. The van der Waals surface area contributed by atoms with E-state index < -0.39 is 66.2 Å². The third-order valence-corrected chi connectivity index (χ3v) is 5.13. The number of rotatable bonds is 18.